The van der Waals surface area contributed by atoms with Gasteiger partial charge in [-0.25, -0.2) is 4.98 Å². The second-order valence-corrected chi connectivity index (χ2v) is 4.50. The Morgan fingerprint density at radius 1 is 1.05 bits per heavy atom. The Morgan fingerprint density at radius 2 is 1.76 bits per heavy atom. The highest BCUT2D eigenvalue weighted by Gasteiger charge is 2.17. The number of aromatic nitrogens is 2. The van der Waals surface area contributed by atoms with Gasteiger partial charge in [0, 0.05) is 6.92 Å². The molecule has 2 aromatic carbocycles. The summed E-state index contributed by atoms with van der Waals surface area (Å²) >= 11 is 0. The van der Waals surface area contributed by atoms with Crippen molar-refractivity contribution in [3.63, 3.8) is 0 Å². The van der Waals surface area contributed by atoms with E-state index in [2.05, 4.69) is 4.98 Å². The molecule has 5 nitrogen and oxygen atoms in total. The standard InChI is InChI=1S/C16H12N2O3/c1-11(19)21-15-9-5-2-6-12(15)16(20)18-10-17-13-7-3-4-8-14(13)18/h2-10H,1H3. The van der Waals surface area contributed by atoms with Gasteiger partial charge < -0.3 is 4.74 Å². The van der Waals surface area contributed by atoms with E-state index in [1.807, 2.05) is 24.3 Å². The van der Waals surface area contributed by atoms with Crippen LogP contribution in [0.5, 0.6) is 5.75 Å². The number of fused-ring (bicyclic) bond motifs is 1. The fourth-order valence-electron chi connectivity index (χ4n) is 2.14. The lowest BCUT2D eigenvalue weighted by Crippen LogP contribution is -2.14. The molecule has 0 fully saturated rings. The zero-order chi connectivity index (χ0) is 14.8. The predicted molar refractivity (Wildman–Crippen MR) is 77.2 cm³/mol. The van der Waals surface area contributed by atoms with E-state index in [0.29, 0.717) is 11.1 Å². The third-order valence-electron chi connectivity index (χ3n) is 3.04. The van der Waals surface area contributed by atoms with E-state index in [1.165, 1.54) is 17.8 Å². The Morgan fingerprint density at radius 3 is 2.57 bits per heavy atom. The monoisotopic (exact) mass is 280 g/mol. The molecular weight excluding hydrogens is 268 g/mol. The number of benzene rings is 2. The van der Waals surface area contributed by atoms with E-state index >= 15 is 0 Å². The summed E-state index contributed by atoms with van der Waals surface area (Å²) in [6.07, 6.45) is 1.47. The van der Waals surface area contributed by atoms with E-state index in [1.54, 1.807) is 24.3 Å². The fourth-order valence-corrected chi connectivity index (χ4v) is 2.14. The first-order chi connectivity index (χ1) is 10.2. The van der Waals surface area contributed by atoms with Crippen molar-refractivity contribution in [3.8, 4) is 5.75 Å². The van der Waals surface area contributed by atoms with E-state index in [4.69, 9.17) is 4.74 Å². The van der Waals surface area contributed by atoms with Gasteiger partial charge in [0.15, 0.2) is 0 Å². The van der Waals surface area contributed by atoms with Gasteiger partial charge in [0.2, 0.25) is 0 Å². The van der Waals surface area contributed by atoms with Gasteiger partial charge in [-0.1, -0.05) is 24.3 Å². The fraction of sp³-hybridized carbons (Fsp3) is 0.0625. The first kappa shape index (κ1) is 13.1. The molecule has 21 heavy (non-hydrogen) atoms. The second kappa shape index (κ2) is 5.20. The molecule has 3 rings (SSSR count). The average Bonchev–Trinajstić information content (AvgIpc) is 2.90. The van der Waals surface area contributed by atoms with Crippen molar-refractivity contribution in [2.75, 3.05) is 0 Å². The average molecular weight is 280 g/mol. The maximum Gasteiger partial charge on any atom is 0.308 e. The summed E-state index contributed by atoms with van der Waals surface area (Å²) in [6, 6.07) is 14.0. The number of para-hydroxylation sites is 3. The number of hydrogen-bond donors (Lipinski definition) is 0. The Labute approximate surface area is 120 Å². The van der Waals surface area contributed by atoms with E-state index in [-0.39, 0.29) is 11.7 Å². The summed E-state index contributed by atoms with van der Waals surface area (Å²) < 4.78 is 6.53. The van der Waals surface area contributed by atoms with E-state index < -0.39 is 5.97 Å². The Kier molecular flexibility index (Phi) is 3.23. The van der Waals surface area contributed by atoms with Gasteiger partial charge in [0.05, 0.1) is 16.6 Å². The zero-order valence-corrected chi connectivity index (χ0v) is 11.3. The van der Waals surface area contributed by atoms with Crippen LogP contribution in [0.15, 0.2) is 54.9 Å². The van der Waals surface area contributed by atoms with E-state index in [0.717, 1.165) is 5.52 Å². The number of hydrogen-bond acceptors (Lipinski definition) is 4. The number of carbonyl (C=O) groups excluding carboxylic acids is 2. The van der Waals surface area contributed by atoms with Gasteiger partial charge in [-0.2, -0.15) is 0 Å². The molecular formula is C16H12N2O3. The van der Waals surface area contributed by atoms with Crippen LogP contribution >= 0.6 is 0 Å². The number of nitrogens with zero attached hydrogens (tertiary/aromatic N) is 2. The summed E-state index contributed by atoms with van der Waals surface area (Å²) in [4.78, 5) is 28.0. The molecule has 0 saturated heterocycles. The van der Waals surface area contributed by atoms with Gasteiger partial charge in [0.25, 0.3) is 5.91 Å². The number of rotatable bonds is 2. The Balaban J connectivity index is 2.08. The summed E-state index contributed by atoms with van der Waals surface area (Å²) in [7, 11) is 0. The number of carbonyl (C=O) groups is 2. The second-order valence-electron chi connectivity index (χ2n) is 4.50. The lowest BCUT2D eigenvalue weighted by Gasteiger charge is -2.08. The summed E-state index contributed by atoms with van der Waals surface area (Å²) in [5.74, 6) is -0.515. The Bertz CT molecular complexity index is 836. The van der Waals surface area contributed by atoms with Gasteiger partial charge in [-0.05, 0) is 24.3 Å². The van der Waals surface area contributed by atoms with Crippen LogP contribution in [0.2, 0.25) is 0 Å². The molecule has 0 aliphatic heterocycles. The molecule has 0 amide bonds. The van der Waals surface area contributed by atoms with Crippen molar-refractivity contribution in [3.05, 3.63) is 60.4 Å². The Hall–Kier alpha value is -2.95. The molecule has 3 aromatic rings. The summed E-state index contributed by atoms with van der Waals surface area (Å²) in [5, 5.41) is 0. The van der Waals surface area contributed by atoms with E-state index in [9.17, 15) is 9.59 Å². The third-order valence-corrected chi connectivity index (χ3v) is 3.04. The van der Waals surface area contributed by atoms with Crippen LogP contribution in [-0.2, 0) is 4.79 Å². The zero-order valence-electron chi connectivity index (χ0n) is 11.3. The van der Waals surface area contributed by atoms with Gasteiger partial charge in [-0.15, -0.1) is 0 Å². The van der Waals surface area contributed by atoms with Crippen LogP contribution in [0, 0.1) is 0 Å². The van der Waals surface area contributed by atoms with Crippen LogP contribution in [0.25, 0.3) is 11.0 Å². The molecule has 0 bridgehead atoms. The smallest absolute Gasteiger partial charge is 0.308 e. The minimum atomic E-state index is -0.467. The molecule has 0 N–H and O–H groups in total. The minimum Gasteiger partial charge on any atom is -0.426 e. The van der Waals surface area contributed by atoms with Crippen molar-refractivity contribution in [2.45, 2.75) is 6.92 Å². The number of ether oxygens (including phenoxy) is 1. The van der Waals surface area contributed by atoms with Crippen molar-refractivity contribution in [1.29, 1.82) is 0 Å². The summed E-state index contributed by atoms with van der Waals surface area (Å²) in [5.41, 5.74) is 1.76. The maximum absolute atomic E-state index is 12.7. The van der Waals surface area contributed by atoms with Crippen LogP contribution in [0.1, 0.15) is 17.3 Å². The topological polar surface area (TPSA) is 61.2 Å². The van der Waals surface area contributed by atoms with Crippen molar-refractivity contribution < 1.29 is 14.3 Å². The van der Waals surface area contributed by atoms with Crippen molar-refractivity contribution in [2.24, 2.45) is 0 Å². The van der Waals surface area contributed by atoms with Crippen molar-refractivity contribution in [1.82, 2.24) is 9.55 Å². The first-order valence-corrected chi connectivity index (χ1v) is 6.41. The molecule has 0 aliphatic rings. The SMILES string of the molecule is CC(=O)Oc1ccccc1C(=O)n1cnc2ccccc21. The molecule has 0 unspecified atom stereocenters. The highest BCUT2D eigenvalue weighted by Crippen LogP contribution is 2.21. The molecule has 1 heterocycles. The molecule has 5 heteroatoms. The van der Waals surface area contributed by atoms with Crippen LogP contribution in [0.4, 0.5) is 0 Å². The molecule has 104 valence electrons. The number of esters is 1. The largest absolute Gasteiger partial charge is 0.426 e. The minimum absolute atomic E-state index is 0.243. The normalized spacial score (nSPS) is 10.5. The maximum atomic E-state index is 12.7. The summed E-state index contributed by atoms with van der Waals surface area (Å²) in [6.45, 7) is 1.30. The van der Waals surface area contributed by atoms with Crippen LogP contribution in [-0.4, -0.2) is 21.4 Å². The molecule has 1 aromatic heterocycles. The highest BCUT2D eigenvalue weighted by molar-refractivity contribution is 6.03. The predicted octanol–water partition coefficient (Wildman–Crippen LogP) is 2.65. The third kappa shape index (κ3) is 2.41. The van der Waals surface area contributed by atoms with Crippen LogP contribution in [0.3, 0.4) is 0 Å². The molecule has 0 atom stereocenters. The quantitative estimate of drug-likeness (QED) is 0.535. The van der Waals surface area contributed by atoms with Crippen LogP contribution < -0.4 is 4.74 Å². The molecule has 0 spiro atoms. The van der Waals surface area contributed by atoms with Gasteiger partial charge in [-0.3, -0.25) is 14.2 Å². The highest BCUT2D eigenvalue weighted by atomic mass is 16.5. The number of imidazole rings is 1. The lowest BCUT2D eigenvalue weighted by atomic mass is 10.2. The van der Waals surface area contributed by atoms with Gasteiger partial charge in [0.1, 0.15) is 12.1 Å². The molecule has 0 radical (unpaired) electrons. The lowest BCUT2D eigenvalue weighted by molar-refractivity contribution is -0.131. The first-order valence-electron chi connectivity index (χ1n) is 6.41. The molecule has 0 aliphatic carbocycles. The van der Waals surface area contributed by atoms with Gasteiger partial charge >= 0.3 is 5.97 Å². The molecule has 0 saturated carbocycles. The van der Waals surface area contributed by atoms with Crippen molar-refractivity contribution >= 4 is 22.9 Å².